The lowest BCUT2D eigenvalue weighted by Gasteiger charge is -2.14. The molecule has 1 saturated heterocycles. The molecule has 1 rings (SSSR count). The lowest BCUT2D eigenvalue weighted by Crippen LogP contribution is -2.32. The van der Waals surface area contributed by atoms with Gasteiger partial charge in [-0.05, 0) is 25.0 Å². The van der Waals surface area contributed by atoms with Crippen molar-refractivity contribution in [3.8, 4) is 0 Å². The number of rotatable bonds is 10. The smallest absolute Gasteiger partial charge is 0.242 e. The number of amides is 2. The van der Waals surface area contributed by atoms with Crippen LogP contribution in [0.25, 0.3) is 0 Å². The summed E-state index contributed by atoms with van der Waals surface area (Å²) in [4.78, 5) is 35.4. The Morgan fingerprint density at radius 3 is 2.65 bits per heavy atom. The van der Waals surface area contributed by atoms with Crippen molar-refractivity contribution in [3.63, 3.8) is 0 Å². The number of hydrogen-bond donors (Lipinski definition) is 0. The van der Waals surface area contributed by atoms with Gasteiger partial charge < -0.3 is 10.3 Å². The largest absolute Gasteiger partial charge is 0.412 e. The van der Waals surface area contributed by atoms with Crippen molar-refractivity contribution in [1.29, 1.82) is 0 Å². The molecule has 0 aliphatic carbocycles. The van der Waals surface area contributed by atoms with Crippen LogP contribution in [0.5, 0.6) is 0 Å². The molecule has 0 aromatic carbocycles. The number of imide groups is 1. The number of unbranched alkanes of at least 4 members (excludes halogenated alkanes) is 4. The van der Waals surface area contributed by atoms with Gasteiger partial charge in [-0.1, -0.05) is 19.8 Å². The van der Waals surface area contributed by atoms with E-state index in [1.165, 1.54) is 4.90 Å². The summed E-state index contributed by atoms with van der Waals surface area (Å²) in [5.41, 5.74) is 0. The minimum absolute atomic E-state index is 0. The molecule has 1 aliphatic rings. The fourth-order valence-electron chi connectivity index (χ4n) is 2.06. The summed E-state index contributed by atoms with van der Waals surface area (Å²) >= 11 is 1.61. The Morgan fingerprint density at radius 1 is 1.25 bits per heavy atom. The van der Waals surface area contributed by atoms with E-state index in [1.54, 1.807) is 11.8 Å². The van der Waals surface area contributed by atoms with Gasteiger partial charge in [0, 0.05) is 19.4 Å². The highest BCUT2D eigenvalue weighted by Crippen LogP contribution is 2.26. The summed E-state index contributed by atoms with van der Waals surface area (Å²) in [5, 5.41) is -0.158. The zero-order valence-corrected chi connectivity index (χ0v) is 12.9. The van der Waals surface area contributed by atoms with E-state index in [0.717, 1.165) is 44.1 Å². The highest BCUT2D eigenvalue weighted by atomic mass is 32.2. The first kappa shape index (κ1) is 19.1. The zero-order chi connectivity index (χ0) is 14.1. The standard InChI is InChI=1S/C14H23NO3S.H2O/c1-2-3-10-19-12-11-13(17)15(14(12)18)8-6-4-5-7-9-16;/h9,12H,2-8,10-11H2,1H3;1H2. The summed E-state index contributed by atoms with van der Waals surface area (Å²) in [5.74, 6) is 0.906. The van der Waals surface area contributed by atoms with Crippen molar-refractivity contribution in [2.45, 2.75) is 57.1 Å². The number of aldehydes is 1. The molecule has 0 aromatic heterocycles. The molecule has 2 amide bonds. The van der Waals surface area contributed by atoms with Gasteiger partial charge in [0.2, 0.25) is 11.8 Å². The summed E-state index contributed by atoms with van der Waals surface area (Å²) < 4.78 is 0. The van der Waals surface area contributed by atoms with Crippen molar-refractivity contribution in [2.24, 2.45) is 0 Å². The van der Waals surface area contributed by atoms with E-state index in [-0.39, 0.29) is 22.5 Å². The van der Waals surface area contributed by atoms with Gasteiger partial charge in [0.1, 0.15) is 6.29 Å². The first-order valence-corrected chi connectivity index (χ1v) is 8.15. The zero-order valence-electron chi connectivity index (χ0n) is 12.1. The van der Waals surface area contributed by atoms with E-state index in [2.05, 4.69) is 6.92 Å². The van der Waals surface area contributed by atoms with Crippen LogP contribution in [0.2, 0.25) is 0 Å². The van der Waals surface area contributed by atoms with Gasteiger partial charge in [0.05, 0.1) is 5.25 Å². The highest BCUT2D eigenvalue weighted by Gasteiger charge is 2.37. The number of hydrogen-bond acceptors (Lipinski definition) is 4. The average Bonchev–Trinajstić information content (AvgIpc) is 2.66. The topological polar surface area (TPSA) is 86.0 Å². The lowest BCUT2D eigenvalue weighted by molar-refractivity contribution is -0.138. The van der Waals surface area contributed by atoms with Crippen LogP contribution in [0.15, 0.2) is 0 Å². The third-order valence-electron chi connectivity index (χ3n) is 3.22. The molecule has 1 aliphatic heterocycles. The number of carbonyl (C=O) groups is 3. The Bertz CT molecular complexity index is 322. The molecule has 0 radical (unpaired) electrons. The van der Waals surface area contributed by atoms with Crippen LogP contribution in [0.4, 0.5) is 0 Å². The van der Waals surface area contributed by atoms with Crippen molar-refractivity contribution in [2.75, 3.05) is 12.3 Å². The van der Waals surface area contributed by atoms with Crippen LogP contribution in [-0.2, 0) is 14.4 Å². The Morgan fingerprint density at radius 2 is 2.00 bits per heavy atom. The van der Waals surface area contributed by atoms with Gasteiger partial charge in [0.25, 0.3) is 0 Å². The Labute approximate surface area is 124 Å². The van der Waals surface area contributed by atoms with Crippen LogP contribution in [0.3, 0.4) is 0 Å². The second kappa shape index (κ2) is 10.9. The third-order valence-corrected chi connectivity index (χ3v) is 4.52. The monoisotopic (exact) mass is 303 g/mol. The van der Waals surface area contributed by atoms with Crippen molar-refractivity contribution < 1.29 is 19.9 Å². The molecule has 1 fully saturated rings. The molecule has 5 nitrogen and oxygen atoms in total. The van der Waals surface area contributed by atoms with E-state index < -0.39 is 0 Å². The SMILES string of the molecule is CCCCSC1CC(=O)N(CCCCCC=O)C1=O.O. The van der Waals surface area contributed by atoms with Crippen LogP contribution in [0, 0.1) is 0 Å². The molecule has 0 spiro atoms. The lowest BCUT2D eigenvalue weighted by atomic mass is 10.2. The van der Waals surface area contributed by atoms with E-state index in [0.29, 0.717) is 19.4 Å². The molecule has 1 heterocycles. The van der Waals surface area contributed by atoms with E-state index in [9.17, 15) is 14.4 Å². The van der Waals surface area contributed by atoms with Gasteiger partial charge in [0.15, 0.2) is 0 Å². The molecular formula is C14H25NO4S. The second-order valence-corrected chi connectivity index (χ2v) is 6.13. The maximum atomic E-state index is 12.1. The van der Waals surface area contributed by atoms with Gasteiger partial charge >= 0.3 is 0 Å². The maximum absolute atomic E-state index is 12.1. The van der Waals surface area contributed by atoms with Crippen LogP contribution in [0.1, 0.15) is 51.9 Å². The highest BCUT2D eigenvalue weighted by molar-refractivity contribution is 8.00. The first-order valence-electron chi connectivity index (χ1n) is 7.10. The second-order valence-electron chi connectivity index (χ2n) is 4.82. The Kier molecular flexibility index (Phi) is 10.4. The number of likely N-dealkylation sites (tertiary alicyclic amines) is 1. The van der Waals surface area contributed by atoms with E-state index >= 15 is 0 Å². The number of nitrogens with zero attached hydrogens (tertiary/aromatic N) is 1. The van der Waals surface area contributed by atoms with Crippen LogP contribution < -0.4 is 0 Å². The Balaban J connectivity index is 0.00000361. The molecule has 116 valence electrons. The number of carbonyl (C=O) groups excluding carboxylic acids is 3. The van der Waals surface area contributed by atoms with Gasteiger partial charge in [-0.2, -0.15) is 0 Å². The first-order chi connectivity index (χ1) is 9.20. The fraction of sp³-hybridized carbons (Fsp3) is 0.786. The molecule has 1 atom stereocenters. The van der Waals surface area contributed by atoms with Gasteiger partial charge in [-0.25, -0.2) is 0 Å². The van der Waals surface area contributed by atoms with Crippen LogP contribution >= 0.6 is 11.8 Å². The van der Waals surface area contributed by atoms with E-state index in [1.807, 2.05) is 0 Å². The van der Waals surface area contributed by atoms with Gasteiger partial charge in [-0.3, -0.25) is 14.5 Å². The summed E-state index contributed by atoms with van der Waals surface area (Å²) in [7, 11) is 0. The van der Waals surface area contributed by atoms with Crippen LogP contribution in [-0.4, -0.2) is 46.0 Å². The Hall–Kier alpha value is -0.880. The molecule has 20 heavy (non-hydrogen) atoms. The van der Waals surface area contributed by atoms with Crippen molar-refractivity contribution in [1.82, 2.24) is 4.90 Å². The molecule has 1 unspecified atom stereocenters. The normalized spacial score (nSPS) is 18.2. The average molecular weight is 303 g/mol. The minimum Gasteiger partial charge on any atom is -0.412 e. The quantitative estimate of drug-likeness (QED) is 0.348. The molecule has 0 aromatic rings. The maximum Gasteiger partial charge on any atom is 0.242 e. The molecular weight excluding hydrogens is 278 g/mol. The molecule has 6 heteroatoms. The summed E-state index contributed by atoms with van der Waals surface area (Å²) in [6, 6.07) is 0. The minimum atomic E-state index is -0.158. The van der Waals surface area contributed by atoms with E-state index in [4.69, 9.17) is 0 Å². The summed E-state index contributed by atoms with van der Waals surface area (Å²) in [6.07, 6.45) is 6.58. The fourth-order valence-corrected chi connectivity index (χ4v) is 3.33. The van der Waals surface area contributed by atoms with Crippen molar-refractivity contribution >= 4 is 29.9 Å². The summed E-state index contributed by atoms with van der Waals surface area (Å²) in [6.45, 7) is 2.63. The van der Waals surface area contributed by atoms with Crippen molar-refractivity contribution in [3.05, 3.63) is 0 Å². The number of thioether (sulfide) groups is 1. The van der Waals surface area contributed by atoms with Gasteiger partial charge in [-0.15, -0.1) is 11.8 Å². The molecule has 0 saturated carbocycles. The molecule has 2 N–H and O–H groups in total. The molecule has 0 bridgehead atoms. The third kappa shape index (κ3) is 6.05. The predicted molar refractivity (Wildman–Crippen MR) is 80.6 cm³/mol. The predicted octanol–water partition coefficient (Wildman–Crippen LogP) is 1.58.